The minimum absolute atomic E-state index is 0.104. The first-order valence-corrected chi connectivity index (χ1v) is 9.04. The Hall–Kier alpha value is -2.00. The van der Waals surface area contributed by atoms with Crippen molar-refractivity contribution < 1.29 is 18.1 Å². The molecule has 1 aromatic rings. The smallest absolute Gasteiger partial charge is 0.271 e. The molecule has 1 N–H and O–H groups in total. The van der Waals surface area contributed by atoms with Gasteiger partial charge in [-0.15, -0.1) is 0 Å². The van der Waals surface area contributed by atoms with Gasteiger partial charge in [-0.2, -0.15) is 0 Å². The van der Waals surface area contributed by atoms with Crippen LogP contribution in [0.15, 0.2) is 18.2 Å². The van der Waals surface area contributed by atoms with Crippen molar-refractivity contribution in [1.82, 2.24) is 4.31 Å². The Bertz CT molecular complexity index is 732. The van der Waals surface area contributed by atoms with E-state index in [0.29, 0.717) is 30.6 Å². The van der Waals surface area contributed by atoms with Gasteiger partial charge in [-0.1, -0.05) is 6.07 Å². The Balaban J connectivity index is 2.13. The third-order valence-electron chi connectivity index (χ3n) is 3.91. The quantitative estimate of drug-likeness (QED) is 0.659. The van der Waals surface area contributed by atoms with E-state index in [1.807, 2.05) is 0 Å². The largest absolute Gasteiger partial charge is 0.325 e. The van der Waals surface area contributed by atoms with Gasteiger partial charge in [-0.25, -0.2) is 12.7 Å². The highest BCUT2D eigenvalue weighted by atomic mass is 32.2. The highest BCUT2D eigenvalue weighted by Crippen LogP contribution is 2.24. The molecule has 8 nitrogen and oxygen atoms in total. The number of sulfonamides is 1. The van der Waals surface area contributed by atoms with Crippen LogP contribution < -0.4 is 5.32 Å². The number of anilines is 1. The molecule has 23 heavy (non-hydrogen) atoms. The van der Waals surface area contributed by atoms with E-state index in [4.69, 9.17) is 0 Å². The monoisotopic (exact) mass is 341 g/mol. The summed E-state index contributed by atoms with van der Waals surface area (Å²) in [6, 6.07) is 4.25. The number of rotatable bonds is 4. The van der Waals surface area contributed by atoms with E-state index in [0.717, 1.165) is 6.26 Å². The van der Waals surface area contributed by atoms with Crippen LogP contribution in [0.3, 0.4) is 0 Å². The van der Waals surface area contributed by atoms with E-state index in [2.05, 4.69) is 5.32 Å². The molecule has 1 amide bonds. The number of non-ortho nitro benzene ring substituents is 1. The van der Waals surface area contributed by atoms with Gasteiger partial charge in [0, 0.05) is 25.2 Å². The number of hydrogen-bond acceptors (Lipinski definition) is 5. The summed E-state index contributed by atoms with van der Waals surface area (Å²) in [7, 11) is -3.33. The maximum Gasteiger partial charge on any atom is 0.271 e. The van der Waals surface area contributed by atoms with Crippen LogP contribution in [-0.2, 0) is 14.8 Å². The van der Waals surface area contributed by atoms with Gasteiger partial charge < -0.3 is 5.32 Å². The second-order valence-electron chi connectivity index (χ2n) is 5.71. The minimum atomic E-state index is -3.33. The summed E-state index contributed by atoms with van der Waals surface area (Å²) in [5.74, 6) is -0.779. The molecular weight excluding hydrogens is 322 g/mol. The first-order valence-electron chi connectivity index (χ1n) is 7.19. The summed E-state index contributed by atoms with van der Waals surface area (Å²) < 4.78 is 24.5. The van der Waals surface area contributed by atoms with Crippen molar-refractivity contribution in [3.05, 3.63) is 33.9 Å². The first kappa shape index (κ1) is 17.4. The first-order chi connectivity index (χ1) is 10.7. The number of benzene rings is 1. The third-order valence-corrected chi connectivity index (χ3v) is 5.18. The van der Waals surface area contributed by atoms with Crippen molar-refractivity contribution in [2.75, 3.05) is 24.7 Å². The number of nitrogens with one attached hydrogen (secondary N) is 1. The van der Waals surface area contributed by atoms with Crippen LogP contribution in [0.5, 0.6) is 0 Å². The molecule has 0 aromatic heterocycles. The van der Waals surface area contributed by atoms with Gasteiger partial charge in [0.15, 0.2) is 0 Å². The molecule has 0 spiro atoms. The second-order valence-corrected chi connectivity index (χ2v) is 7.69. The zero-order valence-corrected chi connectivity index (χ0v) is 13.8. The summed E-state index contributed by atoms with van der Waals surface area (Å²) >= 11 is 0. The standard InChI is InChI=1S/C14H19N3O5S/c1-10-5-6-12(17(19)20)8-13(10)15-14(18)11-4-3-7-16(9-11)23(2,21)22/h5-6,8,11H,3-4,7,9H2,1-2H3,(H,15,18)/t11-/m0/s1. The van der Waals surface area contributed by atoms with Crippen LogP contribution >= 0.6 is 0 Å². The van der Waals surface area contributed by atoms with E-state index < -0.39 is 20.9 Å². The Labute approximate surface area is 134 Å². The van der Waals surface area contributed by atoms with Crippen molar-refractivity contribution >= 4 is 27.3 Å². The highest BCUT2D eigenvalue weighted by Gasteiger charge is 2.30. The number of carbonyl (C=O) groups excluding carboxylic acids is 1. The molecule has 0 bridgehead atoms. The summed E-state index contributed by atoms with van der Waals surface area (Å²) in [5, 5.41) is 13.5. The van der Waals surface area contributed by atoms with E-state index in [1.54, 1.807) is 13.0 Å². The molecule has 1 atom stereocenters. The summed E-state index contributed by atoms with van der Waals surface area (Å²) in [5.41, 5.74) is 0.979. The normalized spacial score (nSPS) is 19.3. The van der Waals surface area contributed by atoms with Crippen molar-refractivity contribution in [1.29, 1.82) is 0 Å². The number of aryl methyl sites for hydroxylation is 1. The van der Waals surface area contributed by atoms with Crippen molar-refractivity contribution in [2.45, 2.75) is 19.8 Å². The Morgan fingerprint density at radius 3 is 2.74 bits per heavy atom. The van der Waals surface area contributed by atoms with Gasteiger partial charge >= 0.3 is 0 Å². The predicted octanol–water partition coefficient (Wildman–Crippen LogP) is 1.51. The van der Waals surface area contributed by atoms with Crippen LogP contribution in [0.4, 0.5) is 11.4 Å². The molecule has 126 valence electrons. The summed E-state index contributed by atoms with van der Waals surface area (Å²) in [6.45, 7) is 2.29. The van der Waals surface area contributed by atoms with Crippen molar-refractivity contribution in [3.8, 4) is 0 Å². The van der Waals surface area contributed by atoms with E-state index in [1.165, 1.54) is 16.4 Å². The summed E-state index contributed by atoms with van der Waals surface area (Å²) in [4.78, 5) is 22.7. The van der Waals surface area contributed by atoms with Crippen molar-refractivity contribution in [3.63, 3.8) is 0 Å². The lowest BCUT2D eigenvalue weighted by Crippen LogP contribution is -2.43. The Morgan fingerprint density at radius 2 is 2.13 bits per heavy atom. The van der Waals surface area contributed by atoms with Gasteiger partial charge in [0.05, 0.1) is 22.8 Å². The highest BCUT2D eigenvalue weighted by molar-refractivity contribution is 7.88. The van der Waals surface area contributed by atoms with Crippen LogP contribution in [-0.4, -0.2) is 42.9 Å². The molecule has 1 aliphatic heterocycles. The van der Waals surface area contributed by atoms with Gasteiger partial charge in [0.2, 0.25) is 15.9 Å². The molecule has 9 heteroatoms. The van der Waals surface area contributed by atoms with Crippen LogP contribution in [0.1, 0.15) is 18.4 Å². The number of nitro groups is 1. The molecule has 0 unspecified atom stereocenters. The topological polar surface area (TPSA) is 110 Å². The molecular formula is C14H19N3O5S. The van der Waals surface area contributed by atoms with Gasteiger partial charge in [0.1, 0.15) is 0 Å². The Kier molecular flexibility index (Phi) is 5.00. The summed E-state index contributed by atoms with van der Waals surface area (Å²) in [6.07, 6.45) is 2.32. The number of nitro benzene ring substituents is 1. The lowest BCUT2D eigenvalue weighted by molar-refractivity contribution is -0.384. The molecule has 1 aromatic carbocycles. The maximum atomic E-state index is 12.4. The average Bonchev–Trinajstić information content (AvgIpc) is 2.48. The van der Waals surface area contributed by atoms with E-state index in [9.17, 15) is 23.3 Å². The van der Waals surface area contributed by atoms with Gasteiger partial charge in [-0.3, -0.25) is 14.9 Å². The minimum Gasteiger partial charge on any atom is -0.325 e. The molecule has 1 heterocycles. The average molecular weight is 341 g/mol. The number of nitrogens with zero attached hydrogens (tertiary/aromatic N) is 2. The van der Waals surface area contributed by atoms with Crippen LogP contribution in [0.25, 0.3) is 0 Å². The second kappa shape index (κ2) is 6.63. The fourth-order valence-corrected chi connectivity index (χ4v) is 3.46. The zero-order chi connectivity index (χ0) is 17.2. The molecule has 0 aliphatic carbocycles. The van der Waals surface area contributed by atoms with Gasteiger partial charge in [0.25, 0.3) is 5.69 Å². The number of piperidine rings is 1. The third kappa shape index (κ3) is 4.26. The Morgan fingerprint density at radius 1 is 1.43 bits per heavy atom. The van der Waals surface area contributed by atoms with E-state index in [-0.39, 0.29) is 18.1 Å². The lowest BCUT2D eigenvalue weighted by Gasteiger charge is -2.30. The van der Waals surface area contributed by atoms with Gasteiger partial charge in [-0.05, 0) is 25.3 Å². The van der Waals surface area contributed by atoms with E-state index >= 15 is 0 Å². The molecule has 1 fully saturated rings. The molecule has 2 rings (SSSR count). The molecule has 1 aliphatic rings. The van der Waals surface area contributed by atoms with Crippen molar-refractivity contribution in [2.24, 2.45) is 5.92 Å². The predicted molar refractivity (Wildman–Crippen MR) is 85.6 cm³/mol. The number of hydrogen-bond donors (Lipinski definition) is 1. The number of amides is 1. The molecule has 1 saturated heterocycles. The number of carbonyl (C=O) groups is 1. The van der Waals surface area contributed by atoms with Crippen LogP contribution in [0.2, 0.25) is 0 Å². The fourth-order valence-electron chi connectivity index (χ4n) is 2.55. The fraction of sp³-hybridized carbons (Fsp3) is 0.500. The molecule has 0 saturated carbocycles. The maximum absolute atomic E-state index is 12.4. The SMILES string of the molecule is Cc1ccc([N+](=O)[O-])cc1NC(=O)[C@H]1CCCN(S(C)(=O)=O)C1. The lowest BCUT2D eigenvalue weighted by atomic mass is 9.98. The zero-order valence-electron chi connectivity index (χ0n) is 13.0. The van der Waals surface area contributed by atoms with Crippen LogP contribution in [0, 0.1) is 23.0 Å². The molecule has 0 radical (unpaired) electrons.